The highest BCUT2D eigenvalue weighted by atomic mass is 16.5. The third-order valence-corrected chi connectivity index (χ3v) is 10.2. The van der Waals surface area contributed by atoms with Crippen LogP contribution in [0.5, 0.6) is 0 Å². The molecule has 0 aromatic rings. The van der Waals surface area contributed by atoms with Crippen molar-refractivity contribution in [1.82, 2.24) is 5.32 Å². The molecule has 1 aliphatic heterocycles. The van der Waals surface area contributed by atoms with Crippen molar-refractivity contribution in [3.63, 3.8) is 0 Å². The highest BCUT2D eigenvalue weighted by Crippen LogP contribution is 2.67. The second kappa shape index (κ2) is 6.86. The second-order valence-electron chi connectivity index (χ2n) is 11.2. The summed E-state index contributed by atoms with van der Waals surface area (Å²) in [6.45, 7) is 6.54. The van der Waals surface area contributed by atoms with E-state index in [-0.39, 0.29) is 17.4 Å². The number of fused-ring (bicyclic) bond motifs is 5. The third-order valence-electron chi connectivity index (χ3n) is 10.2. The Labute approximate surface area is 174 Å². The van der Waals surface area contributed by atoms with Crippen molar-refractivity contribution in [2.75, 3.05) is 13.1 Å². The number of hydrogen-bond donors (Lipinski definition) is 3. The van der Waals surface area contributed by atoms with Gasteiger partial charge in [-0.3, -0.25) is 4.79 Å². The van der Waals surface area contributed by atoms with Gasteiger partial charge >= 0.3 is 0 Å². The van der Waals surface area contributed by atoms with Gasteiger partial charge < -0.3 is 20.6 Å². The Balaban J connectivity index is 1.41. The van der Waals surface area contributed by atoms with E-state index in [4.69, 9.17) is 10.1 Å². The molecule has 3 N–H and O–H groups in total. The first-order chi connectivity index (χ1) is 13.8. The number of carbonyl (C=O) groups excluding carboxylic acids is 1. The topological polar surface area (TPSA) is 82.4 Å². The number of ketones is 1. The van der Waals surface area contributed by atoms with Crippen LogP contribution in [0.2, 0.25) is 0 Å². The van der Waals surface area contributed by atoms with Crippen LogP contribution in [-0.2, 0) is 9.53 Å². The largest absolute Gasteiger partial charge is 0.389 e. The summed E-state index contributed by atoms with van der Waals surface area (Å²) >= 11 is 0. The SMILES string of the molecule is C[C@H]1C[C@H]2[C@@H]3CCC(=O)[C@@]3(C=N)CC[C@@H]2[C@@]2(C)CCC(O[C@@H]3CCNC3)C[C@]12O. The maximum atomic E-state index is 12.7. The summed E-state index contributed by atoms with van der Waals surface area (Å²) in [5, 5.41) is 23.6. The Hall–Kier alpha value is -0.780. The van der Waals surface area contributed by atoms with E-state index in [0.717, 1.165) is 64.5 Å². The molecule has 5 nitrogen and oxygen atoms in total. The number of Topliss-reactive ketones (excluding diaryl/α,β-unsaturated/α-hetero) is 1. The molecule has 4 aliphatic carbocycles. The van der Waals surface area contributed by atoms with Crippen LogP contribution >= 0.6 is 0 Å². The number of ether oxygens (including phenoxy) is 1. The van der Waals surface area contributed by atoms with Crippen LogP contribution in [0.3, 0.4) is 0 Å². The van der Waals surface area contributed by atoms with Crippen molar-refractivity contribution in [1.29, 1.82) is 5.41 Å². The van der Waals surface area contributed by atoms with Gasteiger partial charge in [0.1, 0.15) is 5.78 Å². The molecule has 0 amide bonds. The van der Waals surface area contributed by atoms with Gasteiger partial charge in [-0.15, -0.1) is 0 Å². The molecule has 0 spiro atoms. The molecule has 0 aromatic carbocycles. The lowest BCUT2D eigenvalue weighted by molar-refractivity contribution is -0.246. The van der Waals surface area contributed by atoms with Crippen LogP contribution < -0.4 is 5.32 Å². The Morgan fingerprint density at radius 3 is 2.72 bits per heavy atom. The van der Waals surface area contributed by atoms with Gasteiger partial charge in [-0.25, -0.2) is 0 Å². The number of aliphatic hydroxyl groups is 1. The first-order valence-electron chi connectivity index (χ1n) is 12.0. The Kier molecular flexibility index (Phi) is 4.77. The van der Waals surface area contributed by atoms with Crippen molar-refractivity contribution in [3.05, 3.63) is 0 Å². The Morgan fingerprint density at radius 2 is 2.00 bits per heavy atom. The summed E-state index contributed by atoms with van der Waals surface area (Å²) in [4.78, 5) is 12.7. The molecule has 1 heterocycles. The van der Waals surface area contributed by atoms with Gasteiger partial charge in [-0.1, -0.05) is 13.8 Å². The minimum atomic E-state index is -0.684. The van der Waals surface area contributed by atoms with Crippen molar-refractivity contribution >= 4 is 12.0 Å². The fourth-order valence-electron chi connectivity index (χ4n) is 8.54. The van der Waals surface area contributed by atoms with E-state index in [1.165, 1.54) is 6.21 Å². The maximum absolute atomic E-state index is 12.7. The third kappa shape index (κ3) is 2.69. The molecular weight excluding hydrogens is 364 g/mol. The number of hydrogen-bond acceptors (Lipinski definition) is 5. The van der Waals surface area contributed by atoms with Crippen molar-refractivity contribution in [3.8, 4) is 0 Å². The maximum Gasteiger partial charge on any atom is 0.144 e. The van der Waals surface area contributed by atoms with Crippen LogP contribution in [0.25, 0.3) is 0 Å². The summed E-state index contributed by atoms with van der Waals surface area (Å²) < 4.78 is 6.42. The van der Waals surface area contributed by atoms with Gasteiger partial charge in [0.2, 0.25) is 0 Å². The summed E-state index contributed by atoms with van der Waals surface area (Å²) in [7, 11) is 0. The molecule has 0 radical (unpaired) electrons. The summed E-state index contributed by atoms with van der Waals surface area (Å²) in [6.07, 6.45) is 10.2. The van der Waals surface area contributed by atoms with Crippen LogP contribution in [0, 0.1) is 39.9 Å². The molecule has 4 saturated carbocycles. The van der Waals surface area contributed by atoms with E-state index < -0.39 is 11.0 Å². The predicted molar refractivity (Wildman–Crippen MR) is 112 cm³/mol. The van der Waals surface area contributed by atoms with Crippen LogP contribution in [0.1, 0.15) is 71.6 Å². The first-order valence-corrected chi connectivity index (χ1v) is 12.0. The van der Waals surface area contributed by atoms with E-state index in [0.29, 0.717) is 36.1 Å². The second-order valence-corrected chi connectivity index (χ2v) is 11.2. The van der Waals surface area contributed by atoms with Crippen LogP contribution in [0.4, 0.5) is 0 Å². The minimum absolute atomic E-state index is 0.108. The first kappa shape index (κ1) is 20.1. The van der Waals surface area contributed by atoms with Gasteiger partial charge in [0.25, 0.3) is 0 Å². The molecule has 0 aromatic heterocycles. The molecule has 29 heavy (non-hydrogen) atoms. The normalized spacial score (nSPS) is 54.5. The molecular formula is C24H38N2O3. The number of carbonyl (C=O) groups is 1. The van der Waals surface area contributed by atoms with Crippen molar-refractivity contribution in [2.24, 2.45) is 34.5 Å². The molecule has 162 valence electrons. The summed E-state index contributed by atoms with van der Waals surface area (Å²) in [5.41, 5.74) is -1.29. The molecule has 5 fully saturated rings. The fraction of sp³-hybridized carbons (Fsp3) is 0.917. The molecule has 1 unspecified atom stereocenters. The van der Waals surface area contributed by atoms with Crippen LogP contribution in [0.15, 0.2) is 0 Å². The fourth-order valence-corrected chi connectivity index (χ4v) is 8.54. The average Bonchev–Trinajstić information content (AvgIpc) is 3.32. The molecule has 5 rings (SSSR count). The zero-order chi connectivity index (χ0) is 20.4. The van der Waals surface area contributed by atoms with Crippen LogP contribution in [-0.4, -0.2) is 48.0 Å². The predicted octanol–water partition coefficient (Wildman–Crippen LogP) is 3.34. The van der Waals surface area contributed by atoms with E-state index in [1.54, 1.807) is 0 Å². The average molecular weight is 403 g/mol. The highest BCUT2D eigenvalue weighted by Gasteiger charge is 2.67. The Bertz CT molecular complexity index is 692. The molecule has 5 aliphatic rings. The van der Waals surface area contributed by atoms with Gasteiger partial charge in [0.05, 0.1) is 23.2 Å². The van der Waals surface area contributed by atoms with E-state index in [9.17, 15) is 9.90 Å². The smallest absolute Gasteiger partial charge is 0.144 e. The van der Waals surface area contributed by atoms with E-state index in [1.807, 2.05) is 0 Å². The standard InChI is InChI=1S/C24H38N2O3/c1-15-11-18-19(6-9-23(14-25)20(18)3-4-21(23)27)22(2)8-5-16(12-24(15,22)28)29-17-7-10-26-13-17/h14-20,25-26,28H,3-13H2,1-2H3/t15-,16?,17+,18+,19-,20-,22+,23+,24-/m0/s1. The van der Waals surface area contributed by atoms with E-state index in [2.05, 4.69) is 19.2 Å². The minimum Gasteiger partial charge on any atom is -0.389 e. The molecule has 9 atom stereocenters. The lowest BCUT2D eigenvalue weighted by Crippen LogP contribution is -2.66. The molecule has 1 saturated heterocycles. The Morgan fingerprint density at radius 1 is 1.17 bits per heavy atom. The zero-order valence-corrected chi connectivity index (χ0v) is 18.1. The molecule has 0 bridgehead atoms. The quantitative estimate of drug-likeness (QED) is 0.633. The lowest BCUT2D eigenvalue weighted by Gasteiger charge is -2.65. The number of rotatable bonds is 3. The monoisotopic (exact) mass is 402 g/mol. The van der Waals surface area contributed by atoms with Gasteiger partial charge in [0, 0.05) is 25.6 Å². The molecule has 5 heteroatoms. The lowest BCUT2D eigenvalue weighted by atomic mass is 9.41. The highest BCUT2D eigenvalue weighted by molar-refractivity contribution is 6.01. The van der Waals surface area contributed by atoms with Crippen molar-refractivity contribution in [2.45, 2.75) is 89.4 Å². The summed E-state index contributed by atoms with van der Waals surface area (Å²) in [5.74, 6) is 1.75. The zero-order valence-electron chi connectivity index (χ0n) is 18.1. The van der Waals surface area contributed by atoms with E-state index >= 15 is 0 Å². The van der Waals surface area contributed by atoms with Gasteiger partial charge in [-0.2, -0.15) is 0 Å². The summed E-state index contributed by atoms with van der Waals surface area (Å²) in [6, 6.07) is 0. The van der Waals surface area contributed by atoms with Gasteiger partial charge in [0.15, 0.2) is 0 Å². The van der Waals surface area contributed by atoms with Gasteiger partial charge in [-0.05, 0) is 80.6 Å². The van der Waals surface area contributed by atoms with Crippen molar-refractivity contribution < 1.29 is 14.6 Å². The number of nitrogens with one attached hydrogen (secondary N) is 2.